The molecule has 1 atom stereocenters. The molecular weight excluding hydrogens is 320 g/mol. The first kappa shape index (κ1) is 15.0. The van der Waals surface area contributed by atoms with E-state index in [2.05, 4.69) is 32.9 Å². The SMILES string of the molecule is CCc1nn(C)c(CC(N)c2ccncc2OC)c1Br. The fraction of sp³-hybridized carbons (Fsp3) is 0.429. The van der Waals surface area contributed by atoms with Crippen molar-refractivity contribution in [2.75, 3.05) is 7.11 Å². The zero-order chi connectivity index (χ0) is 14.7. The van der Waals surface area contributed by atoms with Crippen molar-refractivity contribution in [1.29, 1.82) is 0 Å². The van der Waals surface area contributed by atoms with E-state index in [1.807, 2.05) is 17.8 Å². The van der Waals surface area contributed by atoms with Crippen LogP contribution in [0.15, 0.2) is 22.9 Å². The topological polar surface area (TPSA) is 66.0 Å². The van der Waals surface area contributed by atoms with Crippen LogP contribution in [0.5, 0.6) is 5.75 Å². The van der Waals surface area contributed by atoms with Gasteiger partial charge in [0.15, 0.2) is 0 Å². The Morgan fingerprint density at radius 2 is 2.25 bits per heavy atom. The van der Waals surface area contributed by atoms with Crippen molar-refractivity contribution < 1.29 is 4.74 Å². The number of nitrogens with two attached hydrogens (primary N) is 1. The van der Waals surface area contributed by atoms with Gasteiger partial charge in [-0.2, -0.15) is 5.10 Å². The summed E-state index contributed by atoms with van der Waals surface area (Å²) in [5.74, 6) is 0.717. The monoisotopic (exact) mass is 338 g/mol. The van der Waals surface area contributed by atoms with Crippen LogP contribution in [0.1, 0.15) is 29.9 Å². The van der Waals surface area contributed by atoms with E-state index in [0.29, 0.717) is 12.2 Å². The molecule has 6 heteroatoms. The lowest BCUT2D eigenvalue weighted by molar-refractivity contribution is 0.403. The van der Waals surface area contributed by atoms with Crippen LogP contribution in [0.3, 0.4) is 0 Å². The first-order chi connectivity index (χ1) is 9.58. The molecule has 0 bridgehead atoms. The summed E-state index contributed by atoms with van der Waals surface area (Å²) in [5.41, 5.74) is 9.42. The molecule has 2 aromatic heterocycles. The highest BCUT2D eigenvalue weighted by molar-refractivity contribution is 9.10. The minimum Gasteiger partial charge on any atom is -0.495 e. The molecule has 0 amide bonds. The molecule has 0 radical (unpaired) electrons. The number of pyridine rings is 1. The van der Waals surface area contributed by atoms with Crippen LogP contribution in [0.4, 0.5) is 0 Å². The molecule has 2 N–H and O–H groups in total. The molecule has 0 aliphatic rings. The highest BCUT2D eigenvalue weighted by Crippen LogP contribution is 2.29. The van der Waals surface area contributed by atoms with Crippen LogP contribution in [0, 0.1) is 0 Å². The molecule has 0 aromatic carbocycles. The molecule has 0 fully saturated rings. The number of hydrogen-bond acceptors (Lipinski definition) is 4. The highest BCUT2D eigenvalue weighted by Gasteiger charge is 2.18. The Hall–Kier alpha value is -1.40. The summed E-state index contributed by atoms with van der Waals surface area (Å²) < 4.78 is 8.25. The Balaban J connectivity index is 2.28. The van der Waals surface area contributed by atoms with Gasteiger partial charge in [0.05, 0.1) is 29.2 Å². The lowest BCUT2D eigenvalue weighted by atomic mass is 10.0. The van der Waals surface area contributed by atoms with Crippen LogP contribution < -0.4 is 10.5 Å². The van der Waals surface area contributed by atoms with Gasteiger partial charge in [-0.1, -0.05) is 6.92 Å². The highest BCUT2D eigenvalue weighted by atomic mass is 79.9. The number of rotatable bonds is 5. The summed E-state index contributed by atoms with van der Waals surface area (Å²) in [7, 11) is 3.57. The molecule has 2 heterocycles. The Morgan fingerprint density at radius 1 is 1.50 bits per heavy atom. The molecule has 2 aromatic rings. The van der Waals surface area contributed by atoms with Gasteiger partial charge in [0, 0.05) is 31.3 Å². The number of halogens is 1. The van der Waals surface area contributed by atoms with Gasteiger partial charge in [0.1, 0.15) is 5.75 Å². The normalized spacial score (nSPS) is 12.4. The van der Waals surface area contributed by atoms with Crippen LogP contribution >= 0.6 is 15.9 Å². The van der Waals surface area contributed by atoms with Gasteiger partial charge in [0.2, 0.25) is 0 Å². The van der Waals surface area contributed by atoms with E-state index in [1.54, 1.807) is 19.5 Å². The van der Waals surface area contributed by atoms with Crippen molar-refractivity contribution in [3.05, 3.63) is 39.9 Å². The van der Waals surface area contributed by atoms with E-state index >= 15 is 0 Å². The molecule has 0 saturated carbocycles. The van der Waals surface area contributed by atoms with Crippen LogP contribution in [-0.4, -0.2) is 21.9 Å². The summed E-state index contributed by atoms with van der Waals surface area (Å²) in [6.45, 7) is 2.09. The van der Waals surface area contributed by atoms with Crippen molar-refractivity contribution in [2.45, 2.75) is 25.8 Å². The number of nitrogens with zero attached hydrogens (tertiary/aromatic N) is 3. The molecular formula is C14H19BrN4O. The third-order valence-electron chi connectivity index (χ3n) is 3.35. The maximum absolute atomic E-state index is 6.32. The molecule has 0 saturated heterocycles. The van der Waals surface area contributed by atoms with Gasteiger partial charge in [-0.15, -0.1) is 0 Å². The molecule has 2 rings (SSSR count). The minimum absolute atomic E-state index is 0.163. The number of methoxy groups -OCH3 is 1. The summed E-state index contributed by atoms with van der Waals surface area (Å²) in [6, 6.07) is 1.73. The second kappa shape index (κ2) is 6.37. The second-order valence-electron chi connectivity index (χ2n) is 4.61. The number of aryl methyl sites for hydroxylation is 2. The van der Waals surface area contributed by atoms with E-state index in [-0.39, 0.29) is 6.04 Å². The van der Waals surface area contributed by atoms with Crippen molar-refractivity contribution in [1.82, 2.24) is 14.8 Å². The average molecular weight is 339 g/mol. The molecule has 1 unspecified atom stereocenters. The first-order valence-corrected chi connectivity index (χ1v) is 7.31. The predicted octanol–water partition coefficient (Wildman–Crippen LogP) is 2.39. The van der Waals surface area contributed by atoms with E-state index in [0.717, 1.165) is 27.8 Å². The third kappa shape index (κ3) is 2.86. The molecule has 0 aliphatic carbocycles. The molecule has 0 aliphatic heterocycles. The van der Waals surface area contributed by atoms with Crippen LogP contribution in [-0.2, 0) is 19.9 Å². The van der Waals surface area contributed by atoms with Gasteiger partial charge in [-0.25, -0.2) is 0 Å². The van der Waals surface area contributed by atoms with Crippen LogP contribution in [0.2, 0.25) is 0 Å². The van der Waals surface area contributed by atoms with E-state index in [9.17, 15) is 0 Å². The third-order valence-corrected chi connectivity index (χ3v) is 4.27. The number of ether oxygens (including phenoxy) is 1. The second-order valence-corrected chi connectivity index (χ2v) is 5.41. The molecule has 5 nitrogen and oxygen atoms in total. The maximum Gasteiger partial charge on any atom is 0.141 e. The van der Waals surface area contributed by atoms with E-state index < -0.39 is 0 Å². The summed E-state index contributed by atoms with van der Waals surface area (Å²) in [6.07, 6.45) is 4.99. The van der Waals surface area contributed by atoms with Gasteiger partial charge < -0.3 is 10.5 Å². The standard InChI is InChI=1S/C14H19BrN4O/c1-4-11-14(15)12(19(2)18-11)7-10(16)9-5-6-17-8-13(9)20-3/h5-6,8,10H,4,7,16H2,1-3H3. The summed E-state index contributed by atoms with van der Waals surface area (Å²) in [5, 5.41) is 4.49. The Bertz CT molecular complexity index is 597. The predicted molar refractivity (Wildman–Crippen MR) is 81.7 cm³/mol. The van der Waals surface area contributed by atoms with Gasteiger partial charge in [-0.05, 0) is 28.4 Å². The summed E-state index contributed by atoms with van der Waals surface area (Å²) in [4.78, 5) is 4.05. The van der Waals surface area contributed by atoms with E-state index in [1.165, 1.54) is 0 Å². The minimum atomic E-state index is -0.163. The zero-order valence-electron chi connectivity index (χ0n) is 11.9. The van der Waals surface area contributed by atoms with Gasteiger partial charge in [0.25, 0.3) is 0 Å². The van der Waals surface area contributed by atoms with Crippen molar-refractivity contribution in [3.63, 3.8) is 0 Å². The zero-order valence-corrected chi connectivity index (χ0v) is 13.5. The van der Waals surface area contributed by atoms with Crippen molar-refractivity contribution >= 4 is 15.9 Å². The van der Waals surface area contributed by atoms with E-state index in [4.69, 9.17) is 10.5 Å². The number of hydrogen-bond donors (Lipinski definition) is 1. The van der Waals surface area contributed by atoms with Gasteiger partial charge >= 0.3 is 0 Å². The summed E-state index contributed by atoms with van der Waals surface area (Å²) >= 11 is 3.62. The van der Waals surface area contributed by atoms with Gasteiger partial charge in [-0.3, -0.25) is 9.67 Å². The van der Waals surface area contributed by atoms with Crippen molar-refractivity contribution in [2.24, 2.45) is 12.8 Å². The Kier molecular flexibility index (Phi) is 4.77. The maximum atomic E-state index is 6.32. The fourth-order valence-electron chi connectivity index (χ4n) is 2.23. The smallest absolute Gasteiger partial charge is 0.141 e. The lowest BCUT2D eigenvalue weighted by Crippen LogP contribution is -2.16. The Morgan fingerprint density at radius 3 is 2.85 bits per heavy atom. The first-order valence-electron chi connectivity index (χ1n) is 6.52. The quantitative estimate of drug-likeness (QED) is 0.908. The average Bonchev–Trinajstić information content (AvgIpc) is 2.74. The molecule has 108 valence electrons. The number of aromatic nitrogens is 3. The molecule has 20 heavy (non-hydrogen) atoms. The van der Waals surface area contributed by atoms with Crippen molar-refractivity contribution in [3.8, 4) is 5.75 Å². The molecule has 0 spiro atoms. The Labute approximate surface area is 127 Å². The van der Waals surface area contributed by atoms with Crippen LogP contribution in [0.25, 0.3) is 0 Å². The fourth-order valence-corrected chi connectivity index (χ4v) is 3.01. The lowest BCUT2D eigenvalue weighted by Gasteiger charge is -2.15. The largest absolute Gasteiger partial charge is 0.495 e.